The van der Waals surface area contributed by atoms with Crippen molar-refractivity contribution in [2.75, 3.05) is 42.7 Å². The molecule has 6 nitrogen and oxygen atoms in total. The molecule has 0 aromatic heterocycles. The normalized spacial score (nSPS) is 9.25. The average Bonchev–Trinajstić information content (AvgIpc) is 2.66. The van der Waals surface area contributed by atoms with E-state index in [9.17, 15) is 0 Å². The molecular weight excluding hydrogens is 312 g/mol. The molecule has 24 heavy (non-hydrogen) atoms. The molecule has 2 aromatic rings. The number of methoxy groups -OCH3 is 6. The third-order valence-corrected chi connectivity index (χ3v) is 3.15. The molecule has 0 atom stereocenters. The second-order valence-corrected chi connectivity index (χ2v) is 4.45. The van der Waals surface area contributed by atoms with Gasteiger partial charge in [0.25, 0.3) is 0 Å². The molecule has 0 aliphatic rings. The summed E-state index contributed by atoms with van der Waals surface area (Å²) in [6.45, 7) is 0. The molecule has 6 heteroatoms. The molecule has 0 saturated carbocycles. The largest absolute Gasteiger partial charge is 0.496 e. The maximum Gasteiger partial charge on any atom is 0.203 e. The van der Waals surface area contributed by atoms with E-state index in [2.05, 4.69) is 0 Å². The summed E-state index contributed by atoms with van der Waals surface area (Å²) in [5.74, 6) is 4.17. The number of ether oxygens (including phenoxy) is 6. The first-order chi connectivity index (χ1) is 11.6. The fraction of sp³-hybridized carbons (Fsp3) is 0.333. The Bertz CT molecular complexity index is 549. The van der Waals surface area contributed by atoms with Crippen molar-refractivity contribution >= 4 is 0 Å². The lowest BCUT2D eigenvalue weighted by atomic mass is 10.3. The Labute approximate surface area is 142 Å². The monoisotopic (exact) mass is 336 g/mol. The van der Waals surface area contributed by atoms with Gasteiger partial charge in [0.1, 0.15) is 17.2 Å². The Morgan fingerprint density at radius 1 is 0.500 bits per heavy atom. The molecule has 132 valence electrons. The Hall–Kier alpha value is -2.76. The van der Waals surface area contributed by atoms with Crippen molar-refractivity contribution in [1.82, 2.24) is 0 Å². The maximum absolute atomic E-state index is 5.11. The van der Waals surface area contributed by atoms with E-state index in [-0.39, 0.29) is 0 Å². The van der Waals surface area contributed by atoms with Crippen molar-refractivity contribution in [3.05, 3.63) is 36.4 Å². The first kappa shape index (κ1) is 19.3. The highest BCUT2D eigenvalue weighted by atomic mass is 16.5. The summed E-state index contributed by atoms with van der Waals surface area (Å²) in [5, 5.41) is 0. The zero-order chi connectivity index (χ0) is 17.9. The van der Waals surface area contributed by atoms with E-state index in [1.54, 1.807) is 60.9 Å². The predicted octanol–water partition coefficient (Wildman–Crippen LogP) is 3.42. The van der Waals surface area contributed by atoms with Crippen LogP contribution in [-0.2, 0) is 0 Å². The summed E-state index contributed by atoms with van der Waals surface area (Å²) in [7, 11) is 9.59. The molecule has 0 amide bonds. The Morgan fingerprint density at radius 3 is 1.12 bits per heavy atom. The van der Waals surface area contributed by atoms with Crippen LogP contribution < -0.4 is 28.4 Å². The van der Waals surface area contributed by atoms with Crippen LogP contribution in [0, 0.1) is 0 Å². The average molecular weight is 336 g/mol. The SMILES string of the molecule is COc1cc(OC)cc(OC)c1.COc1cccc(OC)c1OC. The molecule has 0 unspecified atom stereocenters. The van der Waals surface area contributed by atoms with Crippen molar-refractivity contribution in [2.24, 2.45) is 0 Å². The standard InChI is InChI=1S/2C9H12O3/c1-10-7-4-8(11-2)6-9(5-7)12-3;1-10-7-5-4-6-8(11-2)9(7)12-3/h2*4-6H,1-3H3. The van der Waals surface area contributed by atoms with Crippen LogP contribution in [-0.4, -0.2) is 42.7 Å². The minimum atomic E-state index is 0.627. The molecule has 2 rings (SSSR count). The van der Waals surface area contributed by atoms with Gasteiger partial charge in [-0.1, -0.05) is 6.07 Å². The van der Waals surface area contributed by atoms with Gasteiger partial charge >= 0.3 is 0 Å². The van der Waals surface area contributed by atoms with Crippen molar-refractivity contribution in [1.29, 1.82) is 0 Å². The lowest BCUT2D eigenvalue weighted by Gasteiger charge is -2.10. The van der Waals surface area contributed by atoms with Crippen molar-refractivity contribution < 1.29 is 28.4 Å². The van der Waals surface area contributed by atoms with Gasteiger partial charge in [-0.2, -0.15) is 0 Å². The molecule has 0 bridgehead atoms. The van der Waals surface area contributed by atoms with Crippen LogP contribution in [0.4, 0.5) is 0 Å². The minimum Gasteiger partial charge on any atom is -0.496 e. The smallest absolute Gasteiger partial charge is 0.203 e. The summed E-state index contributed by atoms with van der Waals surface area (Å²) in [6.07, 6.45) is 0. The lowest BCUT2D eigenvalue weighted by Crippen LogP contribution is -1.93. The molecule has 0 radical (unpaired) electrons. The Kier molecular flexibility index (Phi) is 8.11. The van der Waals surface area contributed by atoms with Gasteiger partial charge in [-0.25, -0.2) is 0 Å². The lowest BCUT2D eigenvalue weighted by molar-refractivity contribution is 0.324. The second kappa shape index (κ2) is 10.1. The molecule has 2 aromatic carbocycles. The van der Waals surface area contributed by atoms with Gasteiger partial charge in [0.15, 0.2) is 11.5 Å². The topological polar surface area (TPSA) is 55.4 Å². The van der Waals surface area contributed by atoms with Gasteiger partial charge in [-0.05, 0) is 12.1 Å². The van der Waals surface area contributed by atoms with Crippen LogP contribution in [0.15, 0.2) is 36.4 Å². The van der Waals surface area contributed by atoms with E-state index in [4.69, 9.17) is 28.4 Å². The van der Waals surface area contributed by atoms with E-state index in [1.165, 1.54) is 0 Å². The highest BCUT2D eigenvalue weighted by molar-refractivity contribution is 5.50. The van der Waals surface area contributed by atoms with Crippen LogP contribution >= 0.6 is 0 Å². The number of hydrogen-bond acceptors (Lipinski definition) is 6. The summed E-state index contributed by atoms with van der Waals surface area (Å²) in [4.78, 5) is 0. The van der Waals surface area contributed by atoms with Crippen LogP contribution in [0.25, 0.3) is 0 Å². The zero-order valence-electron chi connectivity index (χ0n) is 14.9. The summed E-state index contributed by atoms with van der Waals surface area (Å²) in [5.41, 5.74) is 0. The first-order valence-electron chi connectivity index (χ1n) is 7.15. The molecule has 0 N–H and O–H groups in total. The van der Waals surface area contributed by atoms with Crippen molar-refractivity contribution in [3.8, 4) is 34.5 Å². The first-order valence-corrected chi connectivity index (χ1v) is 7.15. The molecular formula is C18H24O6. The van der Waals surface area contributed by atoms with Gasteiger partial charge < -0.3 is 28.4 Å². The van der Waals surface area contributed by atoms with Crippen LogP contribution in [0.5, 0.6) is 34.5 Å². The third kappa shape index (κ3) is 5.15. The third-order valence-electron chi connectivity index (χ3n) is 3.15. The molecule has 0 aliphatic carbocycles. The summed E-state index contributed by atoms with van der Waals surface area (Å²) >= 11 is 0. The van der Waals surface area contributed by atoms with Gasteiger partial charge in [0.05, 0.1) is 42.7 Å². The predicted molar refractivity (Wildman–Crippen MR) is 92.2 cm³/mol. The van der Waals surface area contributed by atoms with Crippen LogP contribution in [0.3, 0.4) is 0 Å². The van der Waals surface area contributed by atoms with E-state index < -0.39 is 0 Å². The molecule has 0 aliphatic heterocycles. The fourth-order valence-electron chi connectivity index (χ4n) is 1.92. The number of rotatable bonds is 6. The number of hydrogen-bond donors (Lipinski definition) is 0. The maximum atomic E-state index is 5.11. The second-order valence-electron chi connectivity index (χ2n) is 4.45. The minimum absolute atomic E-state index is 0.627. The highest BCUT2D eigenvalue weighted by Crippen LogP contribution is 2.36. The van der Waals surface area contributed by atoms with Gasteiger partial charge in [0.2, 0.25) is 5.75 Å². The zero-order valence-corrected chi connectivity index (χ0v) is 14.9. The summed E-state index contributed by atoms with van der Waals surface area (Å²) in [6, 6.07) is 10.9. The molecule has 0 fully saturated rings. The molecule has 0 heterocycles. The molecule has 0 spiro atoms. The van der Waals surface area contributed by atoms with E-state index >= 15 is 0 Å². The fourth-order valence-corrected chi connectivity index (χ4v) is 1.92. The van der Waals surface area contributed by atoms with E-state index in [1.807, 2.05) is 18.2 Å². The van der Waals surface area contributed by atoms with Gasteiger partial charge in [-0.15, -0.1) is 0 Å². The summed E-state index contributed by atoms with van der Waals surface area (Å²) < 4.78 is 30.4. The Morgan fingerprint density at radius 2 is 0.875 bits per heavy atom. The highest BCUT2D eigenvalue weighted by Gasteiger charge is 2.08. The van der Waals surface area contributed by atoms with Gasteiger partial charge in [0, 0.05) is 18.2 Å². The Balaban J connectivity index is 0.000000240. The van der Waals surface area contributed by atoms with Crippen LogP contribution in [0.1, 0.15) is 0 Å². The van der Waals surface area contributed by atoms with Crippen molar-refractivity contribution in [2.45, 2.75) is 0 Å². The number of para-hydroxylation sites is 1. The van der Waals surface area contributed by atoms with Crippen molar-refractivity contribution in [3.63, 3.8) is 0 Å². The van der Waals surface area contributed by atoms with E-state index in [0.29, 0.717) is 17.2 Å². The molecule has 0 saturated heterocycles. The number of benzene rings is 2. The van der Waals surface area contributed by atoms with E-state index in [0.717, 1.165) is 17.2 Å². The quantitative estimate of drug-likeness (QED) is 0.806. The van der Waals surface area contributed by atoms with Crippen LogP contribution in [0.2, 0.25) is 0 Å². The van der Waals surface area contributed by atoms with Gasteiger partial charge in [-0.3, -0.25) is 0 Å².